The number of aromatic hydroxyl groups is 1. The minimum Gasteiger partial charge on any atom is -0.508 e. The number of carbonyl (C=O) groups is 4. The monoisotopic (exact) mass is 956 g/mol. The molecule has 14 heteroatoms. The van der Waals surface area contributed by atoms with E-state index in [9.17, 15) is 14.7 Å². The van der Waals surface area contributed by atoms with E-state index >= 15 is 9.59 Å². The van der Waals surface area contributed by atoms with E-state index in [1.807, 2.05) is 73.7 Å². The molecule has 11 nitrogen and oxygen atoms in total. The molecular weight excluding hydrogens is 916 g/mol. The summed E-state index contributed by atoms with van der Waals surface area (Å²) in [7, 11) is 4.92. The number of ether oxygens (including phenoxy) is 2. The number of phenols is 1. The van der Waals surface area contributed by atoms with Crippen molar-refractivity contribution in [2.75, 3.05) is 24.0 Å². The molecule has 1 N–H and O–H groups in total. The zero-order valence-electron chi connectivity index (χ0n) is 35.5. The Labute approximate surface area is 386 Å². The molecule has 64 heavy (non-hydrogen) atoms. The van der Waals surface area contributed by atoms with Crippen LogP contribution in [-0.2, 0) is 26.2 Å². The second kappa shape index (κ2) is 15.6. The lowest BCUT2D eigenvalue weighted by atomic mass is 9.51. The van der Waals surface area contributed by atoms with Gasteiger partial charge in [-0.2, -0.15) is 5.10 Å². The predicted octanol–water partition coefficient (Wildman–Crippen LogP) is 10.4. The van der Waals surface area contributed by atoms with E-state index in [-0.39, 0.29) is 30.4 Å². The fourth-order valence-electron chi connectivity index (χ4n) is 10.7. The molecule has 324 valence electrons. The number of halogens is 2. The summed E-state index contributed by atoms with van der Waals surface area (Å²) in [6, 6.07) is 25.3. The number of amides is 4. The van der Waals surface area contributed by atoms with Crippen LogP contribution >= 0.6 is 38.9 Å². The van der Waals surface area contributed by atoms with E-state index in [2.05, 4.69) is 15.9 Å². The van der Waals surface area contributed by atoms with Gasteiger partial charge in [0.15, 0.2) is 0 Å². The van der Waals surface area contributed by atoms with Crippen molar-refractivity contribution in [3.05, 3.63) is 128 Å². The number of allylic oxidation sites excluding steroid dienone is 2. The summed E-state index contributed by atoms with van der Waals surface area (Å²) in [5, 5.41) is 18.0. The van der Waals surface area contributed by atoms with Crippen molar-refractivity contribution in [3.63, 3.8) is 0 Å². The molecule has 0 bridgehead atoms. The number of methoxy groups -OCH3 is 2. The molecule has 3 fully saturated rings. The molecule has 0 spiro atoms. The van der Waals surface area contributed by atoms with E-state index in [1.54, 1.807) is 80.6 Å². The van der Waals surface area contributed by atoms with Crippen LogP contribution in [0.3, 0.4) is 0 Å². The lowest BCUT2D eigenvalue weighted by Crippen LogP contribution is -2.49. The molecule has 4 heterocycles. The van der Waals surface area contributed by atoms with Gasteiger partial charge in [-0.1, -0.05) is 63.5 Å². The largest absolute Gasteiger partial charge is 0.508 e. The number of nitrogens with zero attached hydrogens (tertiary/aromatic N) is 4. The molecule has 4 aromatic carbocycles. The lowest BCUT2D eigenvalue weighted by Gasteiger charge is -2.49. The van der Waals surface area contributed by atoms with Gasteiger partial charge in [-0.15, -0.1) is 11.3 Å². The average Bonchev–Trinajstić information content (AvgIpc) is 3.96. The van der Waals surface area contributed by atoms with E-state index in [1.165, 1.54) is 9.80 Å². The fraction of sp³-hybridized carbons (Fsp3) is 0.260. The summed E-state index contributed by atoms with van der Waals surface area (Å²) in [4.78, 5) is 62.9. The number of thiophene rings is 1. The van der Waals surface area contributed by atoms with Crippen molar-refractivity contribution in [2.45, 2.75) is 32.6 Å². The topological polar surface area (TPSA) is 131 Å². The van der Waals surface area contributed by atoms with Crippen LogP contribution in [-0.4, -0.2) is 52.7 Å². The second-order valence-electron chi connectivity index (χ2n) is 17.1. The van der Waals surface area contributed by atoms with E-state index < -0.39 is 46.8 Å². The number of rotatable bonds is 8. The van der Waals surface area contributed by atoms with Crippen molar-refractivity contribution < 1.29 is 33.8 Å². The maximum absolute atomic E-state index is 15.3. The number of benzene rings is 4. The molecular formula is C50H42BrClN4O7S. The zero-order chi connectivity index (χ0) is 44.9. The van der Waals surface area contributed by atoms with Gasteiger partial charge in [-0.25, -0.2) is 4.90 Å². The highest BCUT2D eigenvalue weighted by molar-refractivity contribution is 9.10. The van der Waals surface area contributed by atoms with Crippen LogP contribution in [0, 0.1) is 36.0 Å². The van der Waals surface area contributed by atoms with E-state index in [0.29, 0.717) is 43.8 Å². The number of carbonyl (C=O) groups excluding carboxylic acids is 4. The first-order chi connectivity index (χ1) is 30.7. The van der Waals surface area contributed by atoms with Crippen LogP contribution in [0.15, 0.2) is 101 Å². The molecule has 0 radical (unpaired) electrons. The Morgan fingerprint density at radius 3 is 2.42 bits per heavy atom. The lowest BCUT2D eigenvalue weighted by molar-refractivity contribution is -0.131. The second-order valence-corrected chi connectivity index (χ2v) is 19.5. The molecule has 2 aliphatic heterocycles. The van der Waals surface area contributed by atoms with Crippen molar-refractivity contribution >= 4 is 96.2 Å². The Balaban J connectivity index is 0.999. The minimum absolute atomic E-state index is 0.0341. The molecule has 0 unspecified atom stereocenters. The van der Waals surface area contributed by atoms with Crippen LogP contribution < -0.4 is 19.3 Å². The molecule has 10 rings (SSSR count). The summed E-state index contributed by atoms with van der Waals surface area (Å²) in [5.74, 6) is -3.49. The molecule has 2 aromatic heterocycles. The zero-order valence-corrected chi connectivity index (χ0v) is 38.6. The van der Waals surface area contributed by atoms with Gasteiger partial charge in [-0.3, -0.25) is 28.8 Å². The molecule has 1 saturated carbocycles. The molecule has 2 saturated heterocycles. The highest BCUT2D eigenvalue weighted by Crippen LogP contribution is 2.64. The third kappa shape index (κ3) is 6.37. The number of fused-ring (bicyclic) bond motifs is 5. The molecule has 2 aliphatic carbocycles. The number of aryl methyl sites for hydroxylation is 2. The van der Waals surface area contributed by atoms with E-state index in [4.69, 9.17) is 26.2 Å². The maximum Gasteiger partial charge on any atom is 0.242 e. The Hall–Kier alpha value is -6.02. The van der Waals surface area contributed by atoms with Gasteiger partial charge in [0.05, 0.1) is 48.0 Å². The van der Waals surface area contributed by atoms with Crippen LogP contribution in [0.2, 0.25) is 5.02 Å². The predicted molar refractivity (Wildman–Crippen MR) is 252 cm³/mol. The van der Waals surface area contributed by atoms with Gasteiger partial charge in [0, 0.05) is 44.4 Å². The number of hydrogen-bond acceptors (Lipinski definition) is 9. The summed E-state index contributed by atoms with van der Waals surface area (Å²) in [6.07, 6.45) is 6.24. The van der Waals surface area contributed by atoms with Crippen molar-refractivity contribution in [3.8, 4) is 27.8 Å². The quantitative estimate of drug-likeness (QED) is 0.0907. The summed E-state index contributed by atoms with van der Waals surface area (Å²) >= 11 is 11.5. The summed E-state index contributed by atoms with van der Waals surface area (Å²) in [6.45, 7) is 3.81. The Bertz CT molecular complexity index is 3050. The van der Waals surface area contributed by atoms with Gasteiger partial charge < -0.3 is 14.6 Å². The Morgan fingerprint density at radius 1 is 0.891 bits per heavy atom. The Morgan fingerprint density at radius 2 is 1.67 bits per heavy atom. The van der Waals surface area contributed by atoms with Crippen LogP contribution in [0.25, 0.3) is 32.8 Å². The van der Waals surface area contributed by atoms with Crippen molar-refractivity contribution in [1.82, 2.24) is 9.78 Å². The average molecular weight is 958 g/mol. The highest BCUT2D eigenvalue weighted by Gasteiger charge is 2.68. The number of phenolic OH excluding ortho intramolecular Hbond substituents is 1. The fourth-order valence-corrected chi connectivity index (χ4v) is 12.4. The summed E-state index contributed by atoms with van der Waals surface area (Å²) in [5.41, 5.74) is 3.61. The highest BCUT2D eigenvalue weighted by atomic mass is 79.9. The minimum atomic E-state index is -1.36. The third-order valence-electron chi connectivity index (χ3n) is 13.8. The van der Waals surface area contributed by atoms with Crippen LogP contribution in [0.5, 0.6) is 17.2 Å². The first-order valence-corrected chi connectivity index (χ1v) is 22.9. The molecule has 4 amide bonds. The third-order valence-corrected chi connectivity index (χ3v) is 15.9. The van der Waals surface area contributed by atoms with Crippen LogP contribution in [0.1, 0.15) is 47.9 Å². The van der Waals surface area contributed by atoms with Gasteiger partial charge in [0.1, 0.15) is 28.8 Å². The number of aromatic nitrogens is 2. The number of anilines is 2. The number of hydrogen-bond donors (Lipinski definition) is 1. The normalized spacial score (nSPS) is 24.1. The summed E-state index contributed by atoms with van der Waals surface area (Å²) < 4.78 is 14.2. The standard InChI is InChI=1S/C50H42BrClN4O7S/c1-25-34-22-29(52)11-19-41(34)64-45(25)38-24-42(54(3)53-38)56-47(59)37-23-35-32(44(50(37,2)49(56)61)36-21-28(51)10-17-39(36)57)15-16-33-43(35)48(60)55(46(33)58)30-12-7-26(8-13-30)6-9-27-20-31(62-4)14-18-40(27)63-5/h6-15,17-22,24,33,35,37,43-44,57H,16,23H2,1-5H3/t33-,35+,37-,43-,44+,50+/m0/s1. The van der Waals surface area contributed by atoms with Gasteiger partial charge in [0.2, 0.25) is 23.6 Å². The molecule has 6 atom stereocenters. The SMILES string of the molecule is COc1ccc(OC)c(C=Cc2ccc(N3C(=O)[C@H]4[C@H](CC=C5[C@H]4C[C@H]4C(=O)N(c6cc(-c7sc8ccc(Cl)cc8c7C)nn6C)C(=O)[C@@]4(C)[C@H]5c4cc(Br)ccc4O)C3=O)cc2)c1. The van der Waals surface area contributed by atoms with E-state index in [0.717, 1.165) is 37.2 Å². The smallest absolute Gasteiger partial charge is 0.242 e. The van der Waals surface area contributed by atoms with Crippen LogP contribution in [0.4, 0.5) is 11.5 Å². The molecule has 6 aromatic rings. The maximum atomic E-state index is 15.3. The number of imide groups is 2. The Kier molecular flexibility index (Phi) is 10.2. The van der Waals surface area contributed by atoms with Gasteiger partial charge >= 0.3 is 0 Å². The van der Waals surface area contributed by atoms with Gasteiger partial charge in [0.25, 0.3) is 0 Å². The van der Waals surface area contributed by atoms with Crippen molar-refractivity contribution in [1.29, 1.82) is 0 Å². The first kappa shape index (κ1) is 42.0. The first-order valence-electron chi connectivity index (χ1n) is 20.9. The van der Waals surface area contributed by atoms with Crippen molar-refractivity contribution in [2.24, 2.45) is 36.1 Å². The van der Waals surface area contributed by atoms with Gasteiger partial charge in [-0.05, 0) is 116 Å². The molecule has 4 aliphatic rings.